The van der Waals surface area contributed by atoms with Crippen LogP contribution >= 0.6 is 34.8 Å². The Morgan fingerprint density at radius 1 is 1.05 bits per heavy atom. The van der Waals surface area contributed by atoms with E-state index in [0.717, 1.165) is 0 Å². The summed E-state index contributed by atoms with van der Waals surface area (Å²) in [6.45, 7) is 0.0317. The molecule has 2 rings (SSSR count). The average molecular weight is 333 g/mol. The number of non-ortho nitro benzene ring substituents is 1. The molecule has 104 valence electrons. The predicted octanol–water partition coefficient (Wildman–Crippen LogP) is 5.13. The van der Waals surface area contributed by atoms with Crippen LogP contribution in [0.15, 0.2) is 36.4 Å². The Morgan fingerprint density at radius 3 is 2.30 bits per heavy atom. The molecule has 7 heteroatoms. The molecule has 0 fully saturated rings. The molecule has 20 heavy (non-hydrogen) atoms. The number of halogens is 3. The number of nitro groups is 1. The van der Waals surface area contributed by atoms with Gasteiger partial charge in [-0.15, -0.1) is 0 Å². The van der Waals surface area contributed by atoms with Crippen molar-refractivity contribution < 1.29 is 9.66 Å². The standard InChI is InChI=1S/C13H8Cl3NO3/c14-10-5-4-9(17(18)19)6-8(10)7-20-13-11(15)2-1-3-12(13)16/h1-6H,7H2. The molecule has 0 atom stereocenters. The minimum Gasteiger partial charge on any atom is -0.486 e. The van der Waals surface area contributed by atoms with Gasteiger partial charge in [-0.3, -0.25) is 10.1 Å². The highest BCUT2D eigenvalue weighted by atomic mass is 35.5. The predicted molar refractivity (Wildman–Crippen MR) is 78.9 cm³/mol. The first-order valence-electron chi connectivity index (χ1n) is 5.48. The second kappa shape index (κ2) is 6.31. The van der Waals surface area contributed by atoms with Crippen LogP contribution in [0.1, 0.15) is 5.56 Å². The van der Waals surface area contributed by atoms with Crippen LogP contribution in [0.5, 0.6) is 5.75 Å². The average Bonchev–Trinajstić information content (AvgIpc) is 2.39. The van der Waals surface area contributed by atoms with Crippen LogP contribution < -0.4 is 4.74 Å². The molecule has 4 nitrogen and oxygen atoms in total. The fraction of sp³-hybridized carbons (Fsp3) is 0.0769. The quantitative estimate of drug-likeness (QED) is 0.576. The van der Waals surface area contributed by atoms with Crippen molar-refractivity contribution in [2.45, 2.75) is 6.61 Å². The molecule has 0 radical (unpaired) electrons. The molecule has 0 aliphatic rings. The summed E-state index contributed by atoms with van der Waals surface area (Å²) in [5.41, 5.74) is 0.426. The molecule has 2 aromatic rings. The summed E-state index contributed by atoms with van der Waals surface area (Å²) < 4.78 is 5.50. The van der Waals surface area contributed by atoms with E-state index < -0.39 is 4.92 Å². The van der Waals surface area contributed by atoms with Crippen LogP contribution in [0.2, 0.25) is 15.1 Å². The van der Waals surface area contributed by atoms with Gasteiger partial charge in [-0.05, 0) is 18.2 Å². The van der Waals surface area contributed by atoms with Crippen LogP contribution in [0.4, 0.5) is 5.69 Å². The van der Waals surface area contributed by atoms with Gasteiger partial charge in [0.1, 0.15) is 6.61 Å². The van der Waals surface area contributed by atoms with E-state index in [1.165, 1.54) is 18.2 Å². The minimum absolute atomic E-state index is 0.0317. The van der Waals surface area contributed by atoms with Crippen molar-refractivity contribution in [1.29, 1.82) is 0 Å². The third kappa shape index (κ3) is 3.33. The molecular formula is C13H8Cl3NO3. The van der Waals surface area contributed by atoms with Gasteiger partial charge in [-0.2, -0.15) is 0 Å². The summed E-state index contributed by atoms with van der Waals surface area (Å²) in [6.07, 6.45) is 0. The summed E-state index contributed by atoms with van der Waals surface area (Å²) in [4.78, 5) is 10.2. The summed E-state index contributed by atoms with van der Waals surface area (Å²) >= 11 is 17.9. The molecule has 0 heterocycles. The Morgan fingerprint density at radius 2 is 1.70 bits per heavy atom. The largest absolute Gasteiger partial charge is 0.486 e. The highest BCUT2D eigenvalue weighted by molar-refractivity contribution is 6.37. The summed E-state index contributed by atoms with van der Waals surface area (Å²) in [5, 5.41) is 11.8. The highest BCUT2D eigenvalue weighted by Crippen LogP contribution is 2.33. The van der Waals surface area contributed by atoms with Crippen LogP contribution in [0.25, 0.3) is 0 Å². The van der Waals surface area contributed by atoms with Gasteiger partial charge in [0, 0.05) is 22.7 Å². The number of nitrogens with zero attached hydrogens (tertiary/aromatic N) is 1. The van der Waals surface area contributed by atoms with Gasteiger partial charge < -0.3 is 4.74 Å². The lowest BCUT2D eigenvalue weighted by molar-refractivity contribution is -0.384. The molecule has 0 bridgehead atoms. The number of hydrogen-bond acceptors (Lipinski definition) is 3. The van der Waals surface area contributed by atoms with E-state index in [0.29, 0.717) is 26.4 Å². The second-order valence-corrected chi connectivity index (χ2v) is 5.09. The number of nitro benzene ring substituents is 1. The summed E-state index contributed by atoms with van der Waals surface area (Å²) in [6, 6.07) is 9.10. The fourth-order valence-corrected chi connectivity index (χ4v) is 2.23. The van der Waals surface area contributed by atoms with Gasteiger partial charge in [0.25, 0.3) is 5.69 Å². The smallest absolute Gasteiger partial charge is 0.269 e. The Bertz CT molecular complexity index is 641. The van der Waals surface area contributed by atoms with E-state index in [4.69, 9.17) is 39.5 Å². The van der Waals surface area contributed by atoms with Crippen LogP contribution in [-0.4, -0.2) is 4.92 Å². The number of benzene rings is 2. The van der Waals surface area contributed by atoms with Gasteiger partial charge in [-0.1, -0.05) is 40.9 Å². The topological polar surface area (TPSA) is 52.4 Å². The summed E-state index contributed by atoms with van der Waals surface area (Å²) in [7, 11) is 0. The lowest BCUT2D eigenvalue weighted by Crippen LogP contribution is -1.99. The Kier molecular flexibility index (Phi) is 4.70. The van der Waals surface area contributed by atoms with Crippen LogP contribution in [0.3, 0.4) is 0 Å². The molecule has 0 N–H and O–H groups in total. The van der Waals surface area contributed by atoms with Crippen molar-refractivity contribution in [2.24, 2.45) is 0 Å². The Balaban J connectivity index is 2.23. The van der Waals surface area contributed by atoms with Gasteiger partial charge in [0.15, 0.2) is 5.75 Å². The molecule has 0 spiro atoms. The molecule has 0 amide bonds. The molecule has 0 aliphatic carbocycles. The van der Waals surface area contributed by atoms with Crippen LogP contribution in [-0.2, 0) is 6.61 Å². The molecular weight excluding hydrogens is 325 g/mol. The van der Waals surface area contributed by atoms with E-state index >= 15 is 0 Å². The van der Waals surface area contributed by atoms with Crippen molar-refractivity contribution in [2.75, 3.05) is 0 Å². The lowest BCUT2D eigenvalue weighted by atomic mass is 10.2. The maximum absolute atomic E-state index is 10.7. The third-order valence-electron chi connectivity index (χ3n) is 2.53. The van der Waals surface area contributed by atoms with Crippen LogP contribution in [0, 0.1) is 10.1 Å². The normalized spacial score (nSPS) is 10.3. The minimum atomic E-state index is -0.498. The molecule has 0 aliphatic heterocycles. The van der Waals surface area contributed by atoms with Gasteiger partial charge in [0.2, 0.25) is 0 Å². The molecule has 0 unspecified atom stereocenters. The maximum Gasteiger partial charge on any atom is 0.269 e. The maximum atomic E-state index is 10.7. The second-order valence-electron chi connectivity index (χ2n) is 3.87. The van der Waals surface area contributed by atoms with Gasteiger partial charge in [-0.25, -0.2) is 0 Å². The molecule has 0 aromatic heterocycles. The number of hydrogen-bond donors (Lipinski definition) is 0. The van der Waals surface area contributed by atoms with E-state index in [1.807, 2.05) is 0 Å². The monoisotopic (exact) mass is 331 g/mol. The van der Waals surface area contributed by atoms with E-state index in [9.17, 15) is 10.1 Å². The summed E-state index contributed by atoms with van der Waals surface area (Å²) in [5.74, 6) is 0.318. The first kappa shape index (κ1) is 14.9. The number of rotatable bonds is 4. The molecule has 0 saturated heterocycles. The fourth-order valence-electron chi connectivity index (χ4n) is 1.56. The molecule has 2 aromatic carbocycles. The van der Waals surface area contributed by atoms with Crippen molar-refractivity contribution in [1.82, 2.24) is 0 Å². The first-order valence-corrected chi connectivity index (χ1v) is 6.62. The number of para-hydroxylation sites is 1. The first-order chi connectivity index (χ1) is 9.49. The Hall–Kier alpha value is -1.49. The van der Waals surface area contributed by atoms with Crippen molar-refractivity contribution in [3.8, 4) is 5.75 Å². The number of ether oxygens (including phenoxy) is 1. The SMILES string of the molecule is O=[N+]([O-])c1ccc(Cl)c(COc2c(Cl)cccc2Cl)c1. The van der Waals surface area contributed by atoms with Crippen molar-refractivity contribution >= 4 is 40.5 Å². The van der Waals surface area contributed by atoms with Gasteiger partial charge >= 0.3 is 0 Å². The highest BCUT2D eigenvalue weighted by Gasteiger charge is 2.12. The lowest BCUT2D eigenvalue weighted by Gasteiger charge is -2.10. The zero-order valence-corrected chi connectivity index (χ0v) is 12.2. The van der Waals surface area contributed by atoms with Crippen molar-refractivity contribution in [3.05, 3.63) is 67.1 Å². The molecule has 0 saturated carbocycles. The van der Waals surface area contributed by atoms with Gasteiger partial charge in [0.05, 0.1) is 15.0 Å². The Labute approximate surface area is 130 Å². The van der Waals surface area contributed by atoms with E-state index in [2.05, 4.69) is 0 Å². The van der Waals surface area contributed by atoms with Crippen molar-refractivity contribution in [3.63, 3.8) is 0 Å². The zero-order chi connectivity index (χ0) is 14.7. The zero-order valence-electron chi connectivity index (χ0n) is 9.98. The third-order valence-corrected chi connectivity index (χ3v) is 3.50. The van der Waals surface area contributed by atoms with E-state index in [1.54, 1.807) is 18.2 Å². The van der Waals surface area contributed by atoms with E-state index in [-0.39, 0.29) is 12.3 Å².